The molecule has 2 atom stereocenters. The number of hydrogen-bond acceptors (Lipinski definition) is 6. The van der Waals surface area contributed by atoms with Gasteiger partial charge in [-0.25, -0.2) is 4.79 Å². The van der Waals surface area contributed by atoms with Crippen molar-refractivity contribution in [3.63, 3.8) is 0 Å². The Morgan fingerprint density at radius 2 is 2.28 bits per heavy atom. The maximum atomic E-state index is 12.2. The average Bonchev–Trinajstić information content (AvgIpc) is 2.82. The van der Waals surface area contributed by atoms with E-state index in [4.69, 9.17) is 10.8 Å². The highest BCUT2D eigenvalue weighted by Crippen LogP contribution is 2.23. The molecule has 0 saturated carbocycles. The molecule has 1 unspecified atom stereocenters. The SMILES string of the molecule is NCCC(CSN=O)C(=O)N1CCC[C@H]1C(=O)O. The van der Waals surface area contributed by atoms with Crippen molar-refractivity contribution in [2.24, 2.45) is 16.2 Å². The van der Waals surface area contributed by atoms with Crippen molar-refractivity contribution in [2.45, 2.75) is 25.3 Å². The van der Waals surface area contributed by atoms with Crippen LogP contribution in [0.15, 0.2) is 4.58 Å². The van der Waals surface area contributed by atoms with Crippen molar-refractivity contribution in [3.05, 3.63) is 4.91 Å². The van der Waals surface area contributed by atoms with Crippen LogP contribution >= 0.6 is 11.9 Å². The van der Waals surface area contributed by atoms with Crippen LogP contribution in [-0.2, 0) is 9.59 Å². The molecule has 1 heterocycles. The van der Waals surface area contributed by atoms with E-state index in [2.05, 4.69) is 4.58 Å². The van der Waals surface area contributed by atoms with E-state index >= 15 is 0 Å². The Bertz CT molecular complexity index is 326. The minimum atomic E-state index is -0.978. The van der Waals surface area contributed by atoms with Gasteiger partial charge >= 0.3 is 5.97 Å². The van der Waals surface area contributed by atoms with Gasteiger partial charge in [0.25, 0.3) is 0 Å². The zero-order chi connectivity index (χ0) is 13.5. The quantitative estimate of drug-likeness (QED) is 0.515. The molecule has 0 aliphatic carbocycles. The molecule has 1 aliphatic heterocycles. The number of nitroso groups, excluding NO2 is 1. The summed E-state index contributed by atoms with van der Waals surface area (Å²) in [5.41, 5.74) is 5.43. The van der Waals surface area contributed by atoms with Gasteiger partial charge in [0.15, 0.2) is 0 Å². The van der Waals surface area contributed by atoms with Crippen LogP contribution in [0.25, 0.3) is 0 Å². The molecule has 0 radical (unpaired) electrons. The van der Waals surface area contributed by atoms with E-state index in [0.717, 1.165) is 11.9 Å². The second-order valence-electron chi connectivity index (χ2n) is 4.17. The van der Waals surface area contributed by atoms with Crippen LogP contribution in [0.1, 0.15) is 19.3 Å². The predicted molar refractivity (Wildman–Crippen MR) is 67.8 cm³/mol. The van der Waals surface area contributed by atoms with E-state index in [0.29, 0.717) is 32.4 Å². The first-order valence-corrected chi connectivity index (χ1v) is 6.74. The largest absolute Gasteiger partial charge is 0.480 e. The van der Waals surface area contributed by atoms with Crippen LogP contribution in [0, 0.1) is 10.8 Å². The first kappa shape index (κ1) is 14.9. The number of hydrogen-bond donors (Lipinski definition) is 2. The van der Waals surface area contributed by atoms with E-state index in [1.807, 2.05) is 0 Å². The van der Waals surface area contributed by atoms with Crippen molar-refractivity contribution in [1.29, 1.82) is 0 Å². The van der Waals surface area contributed by atoms with Gasteiger partial charge in [-0.05, 0) is 25.8 Å². The van der Waals surface area contributed by atoms with E-state index in [9.17, 15) is 14.5 Å². The Hall–Kier alpha value is -1.15. The number of aliphatic carboxylic acids is 1. The Morgan fingerprint density at radius 1 is 1.56 bits per heavy atom. The van der Waals surface area contributed by atoms with Crippen LogP contribution in [0.4, 0.5) is 0 Å². The summed E-state index contributed by atoms with van der Waals surface area (Å²) in [5.74, 6) is -1.39. The minimum Gasteiger partial charge on any atom is -0.480 e. The highest BCUT2D eigenvalue weighted by atomic mass is 32.2. The molecule has 0 aromatic heterocycles. The molecular formula is C10H17N3O4S. The molecule has 1 fully saturated rings. The van der Waals surface area contributed by atoms with Crippen LogP contribution in [-0.4, -0.2) is 46.8 Å². The maximum absolute atomic E-state index is 12.2. The first-order valence-electron chi connectivity index (χ1n) is 5.79. The highest BCUT2D eigenvalue weighted by molar-refractivity contribution is 7.97. The summed E-state index contributed by atoms with van der Waals surface area (Å²) in [6.07, 6.45) is 1.61. The van der Waals surface area contributed by atoms with Crippen LogP contribution in [0.5, 0.6) is 0 Å². The smallest absolute Gasteiger partial charge is 0.326 e. The van der Waals surface area contributed by atoms with Crippen molar-refractivity contribution in [3.8, 4) is 0 Å². The second-order valence-corrected chi connectivity index (χ2v) is 4.91. The number of carbonyl (C=O) groups is 2. The zero-order valence-corrected chi connectivity index (χ0v) is 10.8. The molecule has 1 saturated heterocycles. The third kappa shape index (κ3) is 3.67. The molecule has 1 amide bonds. The molecule has 0 bridgehead atoms. The average molecular weight is 275 g/mol. The topological polar surface area (TPSA) is 113 Å². The van der Waals surface area contributed by atoms with Crippen molar-refractivity contribution in [2.75, 3.05) is 18.8 Å². The molecule has 0 aromatic rings. The Kier molecular flexibility index (Phi) is 6.06. The zero-order valence-electron chi connectivity index (χ0n) is 9.95. The third-order valence-electron chi connectivity index (χ3n) is 3.01. The lowest BCUT2D eigenvalue weighted by molar-refractivity contribution is -0.149. The monoisotopic (exact) mass is 275 g/mol. The summed E-state index contributed by atoms with van der Waals surface area (Å²) >= 11 is 0.772. The summed E-state index contributed by atoms with van der Waals surface area (Å²) < 4.78 is 2.66. The summed E-state index contributed by atoms with van der Waals surface area (Å²) in [7, 11) is 0. The number of likely N-dealkylation sites (tertiary alicyclic amines) is 1. The molecular weight excluding hydrogens is 258 g/mol. The molecule has 18 heavy (non-hydrogen) atoms. The molecule has 8 heteroatoms. The van der Waals surface area contributed by atoms with Gasteiger partial charge in [-0.2, -0.15) is 0 Å². The summed E-state index contributed by atoms with van der Waals surface area (Å²) in [4.78, 5) is 34.7. The second kappa shape index (κ2) is 7.32. The molecule has 0 aromatic carbocycles. The highest BCUT2D eigenvalue weighted by Gasteiger charge is 2.36. The van der Waals surface area contributed by atoms with E-state index in [-0.39, 0.29) is 11.7 Å². The fourth-order valence-corrected chi connectivity index (χ4v) is 2.67. The lowest BCUT2D eigenvalue weighted by atomic mass is 10.1. The first-order chi connectivity index (χ1) is 8.61. The van der Waals surface area contributed by atoms with Gasteiger partial charge in [0, 0.05) is 28.8 Å². The van der Waals surface area contributed by atoms with Crippen molar-refractivity contribution in [1.82, 2.24) is 4.90 Å². The normalized spacial score (nSPS) is 20.7. The summed E-state index contributed by atoms with van der Waals surface area (Å²) in [6.45, 7) is 0.775. The van der Waals surface area contributed by atoms with Gasteiger partial charge in [-0.15, -0.1) is 4.91 Å². The molecule has 0 spiro atoms. The predicted octanol–water partition coefficient (Wildman–Crippen LogP) is 0.442. The molecule has 102 valence electrons. The van der Waals surface area contributed by atoms with E-state index < -0.39 is 17.9 Å². The number of carboxylic acids is 1. The Balaban J connectivity index is 2.68. The molecule has 7 nitrogen and oxygen atoms in total. The molecule has 1 aliphatic rings. The Morgan fingerprint density at radius 3 is 2.83 bits per heavy atom. The lowest BCUT2D eigenvalue weighted by Crippen LogP contribution is -2.44. The van der Waals surface area contributed by atoms with E-state index in [1.165, 1.54) is 4.90 Å². The van der Waals surface area contributed by atoms with Crippen LogP contribution < -0.4 is 5.73 Å². The number of carbonyl (C=O) groups excluding carboxylic acids is 1. The van der Waals surface area contributed by atoms with Crippen LogP contribution in [0.2, 0.25) is 0 Å². The number of rotatable bonds is 7. The minimum absolute atomic E-state index is 0.235. The van der Waals surface area contributed by atoms with Crippen LogP contribution in [0.3, 0.4) is 0 Å². The molecule has 1 rings (SSSR count). The van der Waals surface area contributed by atoms with Gasteiger partial charge in [0.05, 0.1) is 5.92 Å². The number of carboxylic acid groups (broad SMARTS) is 1. The summed E-state index contributed by atoms with van der Waals surface area (Å²) in [5, 5.41) is 9.03. The maximum Gasteiger partial charge on any atom is 0.326 e. The molecule has 3 N–H and O–H groups in total. The van der Waals surface area contributed by atoms with Gasteiger partial charge < -0.3 is 15.7 Å². The van der Waals surface area contributed by atoms with Crippen molar-refractivity contribution >= 4 is 23.8 Å². The summed E-state index contributed by atoms with van der Waals surface area (Å²) in [6, 6.07) is -0.744. The Labute approximate surface area is 109 Å². The lowest BCUT2D eigenvalue weighted by Gasteiger charge is -2.25. The van der Waals surface area contributed by atoms with E-state index in [1.54, 1.807) is 0 Å². The standard InChI is InChI=1S/C10H17N3O4S/c11-4-3-7(6-18-12-17)9(14)13-5-1-2-8(13)10(15)16/h7-8H,1-6,11H2,(H,15,16)/t7?,8-/m0/s1. The number of nitrogens with zero attached hydrogens (tertiary/aromatic N) is 2. The van der Waals surface area contributed by atoms with Crippen molar-refractivity contribution < 1.29 is 14.7 Å². The fourth-order valence-electron chi connectivity index (χ4n) is 2.12. The fraction of sp³-hybridized carbons (Fsp3) is 0.800. The number of nitrogens with two attached hydrogens (primary N) is 1. The van der Waals surface area contributed by atoms with Gasteiger partial charge in [0.2, 0.25) is 5.91 Å². The third-order valence-corrected chi connectivity index (χ3v) is 3.67. The van der Waals surface area contributed by atoms with Gasteiger partial charge in [-0.1, -0.05) is 0 Å². The number of amides is 1. The van der Waals surface area contributed by atoms with Gasteiger partial charge in [0.1, 0.15) is 6.04 Å². The van der Waals surface area contributed by atoms with Gasteiger partial charge in [-0.3, -0.25) is 4.79 Å².